The van der Waals surface area contributed by atoms with E-state index in [-0.39, 0.29) is 0 Å². The van der Waals surface area contributed by atoms with Gasteiger partial charge >= 0.3 is 0 Å². The molecule has 294 valence electrons. The van der Waals surface area contributed by atoms with E-state index in [0.717, 1.165) is 94.0 Å². The Morgan fingerprint density at radius 2 is 0.841 bits per heavy atom. The average molecular weight is 806 g/mol. The molecule has 6 nitrogen and oxygen atoms in total. The van der Waals surface area contributed by atoms with Crippen LogP contribution in [0.1, 0.15) is 0 Å². The standard InChI is InChI=1S/C57H35N5O/c1-4-16-36(17-5-1)37-30-32-39(33-31-37)56-58-55(38-18-6-2-7-19-38)59-57(60-56)46-25-14-24-43-44-34-35-45-51-49(62-47-26-12-10-22-41(47)42-23-11-13-27-48(42)62)28-15-29-50(51)63-54(45)53(44)61(52(43)46)40-20-8-3-9-21-40/h1-35H. The minimum Gasteiger partial charge on any atom is -0.454 e. The lowest BCUT2D eigenvalue weighted by molar-refractivity contribution is 0.671. The molecule has 0 aliphatic rings. The molecule has 4 aromatic heterocycles. The summed E-state index contributed by atoms with van der Waals surface area (Å²) in [6.45, 7) is 0. The van der Waals surface area contributed by atoms with E-state index in [4.69, 9.17) is 19.4 Å². The number of hydrogen-bond acceptors (Lipinski definition) is 4. The van der Waals surface area contributed by atoms with Crippen molar-refractivity contribution in [3.8, 4) is 56.7 Å². The van der Waals surface area contributed by atoms with E-state index in [0.29, 0.717) is 17.5 Å². The van der Waals surface area contributed by atoms with E-state index in [2.05, 4.69) is 197 Å². The van der Waals surface area contributed by atoms with Gasteiger partial charge in [0.25, 0.3) is 0 Å². The smallest absolute Gasteiger partial charge is 0.166 e. The molecular formula is C57H35N5O. The third-order valence-electron chi connectivity index (χ3n) is 12.4. The van der Waals surface area contributed by atoms with Crippen molar-refractivity contribution in [2.75, 3.05) is 0 Å². The summed E-state index contributed by atoms with van der Waals surface area (Å²) in [5.41, 5.74) is 13.0. The SMILES string of the molecule is c1ccc(-c2ccc(-c3nc(-c4ccccc4)nc(-c4cccc5c6ccc7c(oc8cccc(-n9c%10ccccc%10c%10ccccc%109)c87)c6n(-c6ccccc6)c45)n3)cc2)cc1. The fourth-order valence-electron chi connectivity index (χ4n) is 9.58. The summed E-state index contributed by atoms with van der Waals surface area (Å²) in [5.74, 6) is 1.81. The molecule has 0 bridgehead atoms. The number of benzene rings is 9. The molecule has 9 aromatic carbocycles. The van der Waals surface area contributed by atoms with E-state index in [1.54, 1.807) is 0 Å². The number of furan rings is 1. The van der Waals surface area contributed by atoms with E-state index >= 15 is 0 Å². The third kappa shape index (κ3) is 5.48. The summed E-state index contributed by atoms with van der Waals surface area (Å²) in [5, 5.41) is 6.71. The third-order valence-corrected chi connectivity index (χ3v) is 12.4. The first-order valence-electron chi connectivity index (χ1n) is 21.2. The monoisotopic (exact) mass is 805 g/mol. The molecule has 0 unspecified atom stereocenters. The molecule has 6 heteroatoms. The van der Waals surface area contributed by atoms with Gasteiger partial charge in [-0.2, -0.15) is 0 Å². The number of rotatable bonds is 6. The molecule has 63 heavy (non-hydrogen) atoms. The predicted molar refractivity (Wildman–Crippen MR) is 258 cm³/mol. The molecule has 0 radical (unpaired) electrons. The maximum absolute atomic E-state index is 7.09. The molecule has 0 spiro atoms. The number of fused-ring (bicyclic) bond motifs is 10. The first-order chi connectivity index (χ1) is 31.3. The molecule has 13 rings (SSSR count). The van der Waals surface area contributed by atoms with Crippen molar-refractivity contribution in [3.63, 3.8) is 0 Å². The highest BCUT2D eigenvalue weighted by atomic mass is 16.3. The van der Waals surface area contributed by atoms with Gasteiger partial charge in [-0.1, -0.05) is 164 Å². The van der Waals surface area contributed by atoms with Crippen LogP contribution in [0.4, 0.5) is 0 Å². The summed E-state index contributed by atoms with van der Waals surface area (Å²) >= 11 is 0. The van der Waals surface area contributed by atoms with Crippen LogP contribution in [0.5, 0.6) is 0 Å². The lowest BCUT2D eigenvalue weighted by Gasteiger charge is -2.13. The molecule has 0 fully saturated rings. The van der Waals surface area contributed by atoms with Gasteiger partial charge < -0.3 is 13.6 Å². The number of aromatic nitrogens is 5. The van der Waals surface area contributed by atoms with Crippen LogP contribution in [0.15, 0.2) is 217 Å². The minimum absolute atomic E-state index is 0.589. The molecule has 13 aromatic rings. The normalized spacial score (nSPS) is 11.8. The Morgan fingerprint density at radius 3 is 1.54 bits per heavy atom. The molecule has 4 heterocycles. The Balaban J connectivity index is 1.08. The zero-order valence-electron chi connectivity index (χ0n) is 33.9. The lowest BCUT2D eigenvalue weighted by atomic mass is 10.0. The summed E-state index contributed by atoms with van der Waals surface area (Å²) < 4.78 is 11.8. The summed E-state index contributed by atoms with van der Waals surface area (Å²) in [6, 6.07) is 74.2. The van der Waals surface area contributed by atoms with Crippen molar-refractivity contribution in [2.45, 2.75) is 0 Å². The highest BCUT2D eigenvalue weighted by molar-refractivity contribution is 6.24. The topological polar surface area (TPSA) is 61.7 Å². The lowest BCUT2D eigenvalue weighted by Crippen LogP contribution is -2.02. The molecule has 0 amide bonds. The van der Waals surface area contributed by atoms with Gasteiger partial charge in [-0.25, -0.2) is 15.0 Å². The van der Waals surface area contributed by atoms with E-state index in [1.165, 1.54) is 10.8 Å². The molecule has 0 saturated heterocycles. The second kappa shape index (κ2) is 14.0. The maximum Gasteiger partial charge on any atom is 0.166 e. The number of hydrogen-bond donors (Lipinski definition) is 0. The molecular weight excluding hydrogens is 771 g/mol. The first-order valence-corrected chi connectivity index (χ1v) is 21.2. The highest BCUT2D eigenvalue weighted by Crippen LogP contribution is 2.45. The van der Waals surface area contributed by atoms with Gasteiger partial charge in [0.15, 0.2) is 23.1 Å². The average Bonchev–Trinajstić information content (AvgIpc) is 4.03. The highest BCUT2D eigenvalue weighted by Gasteiger charge is 2.25. The van der Waals surface area contributed by atoms with E-state index in [1.807, 2.05) is 24.3 Å². The molecule has 0 aliphatic heterocycles. The predicted octanol–water partition coefficient (Wildman–Crippen LogP) is 14.6. The fourth-order valence-corrected chi connectivity index (χ4v) is 9.58. The van der Waals surface area contributed by atoms with Crippen molar-refractivity contribution in [1.82, 2.24) is 24.1 Å². The van der Waals surface area contributed by atoms with Gasteiger partial charge in [-0.3, -0.25) is 0 Å². The largest absolute Gasteiger partial charge is 0.454 e. The van der Waals surface area contributed by atoms with Crippen molar-refractivity contribution in [3.05, 3.63) is 212 Å². The van der Waals surface area contributed by atoms with Crippen molar-refractivity contribution in [1.29, 1.82) is 0 Å². The second-order valence-corrected chi connectivity index (χ2v) is 15.9. The zero-order valence-corrected chi connectivity index (χ0v) is 33.9. The Hall–Kier alpha value is -8.61. The molecule has 0 aliphatic carbocycles. The Labute approximate surface area is 361 Å². The van der Waals surface area contributed by atoms with Crippen LogP contribution in [0.2, 0.25) is 0 Å². The van der Waals surface area contributed by atoms with Crippen LogP contribution < -0.4 is 0 Å². The quantitative estimate of drug-likeness (QED) is 0.168. The van der Waals surface area contributed by atoms with Crippen LogP contribution in [0.25, 0.3) is 122 Å². The van der Waals surface area contributed by atoms with Crippen molar-refractivity contribution < 1.29 is 4.42 Å². The molecule has 0 saturated carbocycles. The first kappa shape index (κ1) is 35.2. The second-order valence-electron chi connectivity index (χ2n) is 15.9. The van der Waals surface area contributed by atoms with Gasteiger partial charge in [-0.15, -0.1) is 0 Å². The van der Waals surface area contributed by atoms with Crippen LogP contribution in [-0.2, 0) is 0 Å². The van der Waals surface area contributed by atoms with E-state index in [9.17, 15) is 0 Å². The number of para-hydroxylation sites is 4. The Kier molecular flexibility index (Phi) is 7.80. The van der Waals surface area contributed by atoms with Gasteiger partial charge in [0.05, 0.1) is 33.1 Å². The number of nitrogens with zero attached hydrogens (tertiary/aromatic N) is 5. The van der Waals surface area contributed by atoms with Crippen LogP contribution in [0.3, 0.4) is 0 Å². The van der Waals surface area contributed by atoms with Crippen molar-refractivity contribution in [2.24, 2.45) is 0 Å². The summed E-state index contributed by atoms with van der Waals surface area (Å²) in [4.78, 5) is 15.6. The van der Waals surface area contributed by atoms with Crippen molar-refractivity contribution >= 4 is 65.6 Å². The summed E-state index contributed by atoms with van der Waals surface area (Å²) in [6.07, 6.45) is 0. The van der Waals surface area contributed by atoms with Gasteiger partial charge in [0.2, 0.25) is 0 Å². The van der Waals surface area contributed by atoms with Crippen LogP contribution >= 0.6 is 0 Å². The van der Waals surface area contributed by atoms with Gasteiger partial charge in [0.1, 0.15) is 5.58 Å². The summed E-state index contributed by atoms with van der Waals surface area (Å²) in [7, 11) is 0. The fraction of sp³-hybridized carbons (Fsp3) is 0. The van der Waals surface area contributed by atoms with Crippen LogP contribution in [-0.4, -0.2) is 24.1 Å². The Morgan fingerprint density at radius 1 is 0.333 bits per heavy atom. The molecule has 0 N–H and O–H groups in total. The van der Waals surface area contributed by atoms with Gasteiger partial charge in [-0.05, 0) is 59.7 Å². The van der Waals surface area contributed by atoms with Gasteiger partial charge in [0, 0.05) is 49.3 Å². The zero-order chi connectivity index (χ0) is 41.4. The molecule has 0 atom stereocenters. The minimum atomic E-state index is 0.589. The Bertz CT molecular complexity index is 3830. The van der Waals surface area contributed by atoms with E-state index < -0.39 is 0 Å². The maximum atomic E-state index is 7.09. The van der Waals surface area contributed by atoms with Crippen LogP contribution in [0, 0.1) is 0 Å².